The largest absolute Gasteiger partial charge is 0.461 e. The quantitative estimate of drug-likeness (QED) is 0.150. The Bertz CT molecular complexity index is 960. The van der Waals surface area contributed by atoms with Gasteiger partial charge < -0.3 is 10.1 Å². The van der Waals surface area contributed by atoms with Crippen LogP contribution in [0.2, 0.25) is 0 Å². The normalized spacial score (nSPS) is 14.3. The summed E-state index contributed by atoms with van der Waals surface area (Å²) in [4.78, 5) is 36.5. The fourth-order valence-electron chi connectivity index (χ4n) is 4.21. The Labute approximate surface area is 206 Å². The fraction of sp³-hybridized carbons (Fsp3) is 0.444. The summed E-state index contributed by atoms with van der Waals surface area (Å²) in [6.45, 7) is 0.915. The second-order valence-corrected chi connectivity index (χ2v) is 8.87. The first-order valence-corrected chi connectivity index (χ1v) is 12.4. The molecule has 0 spiro atoms. The number of hydrogen-bond donors (Lipinski definition) is 4. The third kappa shape index (κ3) is 8.81. The van der Waals surface area contributed by atoms with Crippen molar-refractivity contribution < 1.29 is 24.3 Å². The van der Waals surface area contributed by atoms with Crippen molar-refractivity contribution in [2.24, 2.45) is 0 Å². The van der Waals surface area contributed by atoms with Crippen LogP contribution >= 0.6 is 0 Å². The van der Waals surface area contributed by atoms with Gasteiger partial charge in [0.15, 0.2) is 0 Å². The highest BCUT2D eigenvalue weighted by Gasteiger charge is 2.26. The molecule has 8 nitrogen and oxygen atoms in total. The van der Waals surface area contributed by atoms with Crippen LogP contribution in [0.5, 0.6) is 0 Å². The smallest absolute Gasteiger partial charge is 0.328 e. The van der Waals surface area contributed by atoms with E-state index >= 15 is 0 Å². The van der Waals surface area contributed by atoms with Gasteiger partial charge in [-0.3, -0.25) is 20.1 Å². The predicted molar refractivity (Wildman–Crippen MR) is 132 cm³/mol. The molecule has 0 aliphatic heterocycles. The number of hydrogen-bond acceptors (Lipinski definition) is 6. The molecule has 0 saturated heterocycles. The fourth-order valence-corrected chi connectivity index (χ4v) is 4.21. The molecular formula is C27H35N3O5. The van der Waals surface area contributed by atoms with E-state index < -0.39 is 11.9 Å². The molecule has 2 aromatic carbocycles. The van der Waals surface area contributed by atoms with Gasteiger partial charge in [0.05, 0.1) is 0 Å². The summed E-state index contributed by atoms with van der Waals surface area (Å²) in [5, 5.41) is 14.7. The SMILES string of the molecule is O=C(CCCCCNC(=O)c1cccc(CN[C@@H](C(=O)OC2CCCC2)c2ccccc2)c1)NO. The van der Waals surface area contributed by atoms with Gasteiger partial charge in [-0.05, 0) is 61.8 Å². The maximum atomic E-state index is 13.0. The lowest BCUT2D eigenvalue weighted by molar-refractivity contribution is -0.151. The molecule has 2 aromatic rings. The number of nitrogens with one attached hydrogen (secondary N) is 3. The Morgan fingerprint density at radius 3 is 2.49 bits per heavy atom. The molecule has 1 aliphatic rings. The highest BCUT2D eigenvalue weighted by atomic mass is 16.5. The van der Waals surface area contributed by atoms with Crippen LogP contribution in [0.25, 0.3) is 0 Å². The van der Waals surface area contributed by atoms with Crippen molar-refractivity contribution in [3.05, 3.63) is 71.3 Å². The maximum Gasteiger partial charge on any atom is 0.328 e. The Hall–Kier alpha value is -3.23. The molecule has 188 valence electrons. The van der Waals surface area contributed by atoms with Crippen molar-refractivity contribution in [2.45, 2.75) is 70.1 Å². The lowest BCUT2D eigenvalue weighted by Crippen LogP contribution is -2.32. The molecule has 1 aliphatic carbocycles. The Morgan fingerprint density at radius 1 is 0.971 bits per heavy atom. The van der Waals surface area contributed by atoms with Gasteiger partial charge in [0, 0.05) is 25.1 Å². The minimum atomic E-state index is -0.581. The van der Waals surface area contributed by atoms with E-state index in [9.17, 15) is 14.4 Å². The van der Waals surface area contributed by atoms with E-state index in [1.165, 1.54) is 0 Å². The molecule has 3 rings (SSSR count). The minimum Gasteiger partial charge on any atom is -0.461 e. The van der Waals surface area contributed by atoms with Gasteiger partial charge >= 0.3 is 5.97 Å². The van der Waals surface area contributed by atoms with Crippen molar-refractivity contribution in [3.63, 3.8) is 0 Å². The number of ether oxygens (including phenoxy) is 1. The van der Waals surface area contributed by atoms with E-state index in [2.05, 4.69) is 10.6 Å². The summed E-state index contributed by atoms with van der Waals surface area (Å²) in [6.07, 6.45) is 6.45. The molecule has 0 heterocycles. The monoisotopic (exact) mass is 481 g/mol. The first kappa shape index (κ1) is 26.4. The molecule has 0 unspecified atom stereocenters. The second-order valence-electron chi connectivity index (χ2n) is 8.87. The number of esters is 1. The highest BCUT2D eigenvalue weighted by molar-refractivity contribution is 5.94. The van der Waals surface area contributed by atoms with Crippen LogP contribution in [-0.2, 0) is 20.9 Å². The van der Waals surface area contributed by atoms with E-state index in [-0.39, 0.29) is 24.4 Å². The molecule has 1 saturated carbocycles. The summed E-state index contributed by atoms with van der Waals surface area (Å²) >= 11 is 0. The van der Waals surface area contributed by atoms with Crippen molar-refractivity contribution in [1.82, 2.24) is 16.1 Å². The van der Waals surface area contributed by atoms with Crippen LogP contribution in [0.4, 0.5) is 0 Å². The standard InChI is InChI=1S/C27H35N3O5/c31-24(30-34)16-5-2-8-17-28-26(32)22-13-9-10-20(18-22)19-29-25(21-11-3-1-4-12-21)27(33)35-23-14-6-7-15-23/h1,3-4,9-13,18,23,25,29,34H,2,5-8,14-17,19H2,(H,28,32)(H,30,31)/t25-/m1/s1. The first-order chi connectivity index (χ1) is 17.1. The molecule has 35 heavy (non-hydrogen) atoms. The van der Waals surface area contributed by atoms with Crippen LogP contribution in [0.3, 0.4) is 0 Å². The van der Waals surface area contributed by atoms with Crippen LogP contribution in [-0.4, -0.2) is 35.6 Å². The second kappa shape index (κ2) is 14.2. The number of carbonyl (C=O) groups is 3. The molecule has 0 radical (unpaired) electrons. The maximum absolute atomic E-state index is 13.0. The zero-order valence-electron chi connectivity index (χ0n) is 20.0. The van der Waals surface area contributed by atoms with Crippen molar-refractivity contribution in [2.75, 3.05) is 6.54 Å². The first-order valence-electron chi connectivity index (χ1n) is 12.4. The average molecular weight is 482 g/mol. The van der Waals surface area contributed by atoms with Crippen LogP contribution < -0.4 is 16.1 Å². The van der Waals surface area contributed by atoms with E-state index in [0.717, 1.165) is 49.7 Å². The molecular weight excluding hydrogens is 446 g/mol. The molecule has 2 amide bonds. The topological polar surface area (TPSA) is 117 Å². The van der Waals surface area contributed by atoms with Crippen LogP contribution in [0, 0.1) is 0 Å². The third-order valence-corrected chi connectivity index (χ3v) is 6.14. The number of carbonyl (C=O) groups excluding carboxylic acids is 3. The van der Waals surface area contributed by atoms with Gasteiger partial charge in [-0.1, -0.05) is 48.9 Å². The minimum absolute atomic E-state index is 0.00521. The lowest BCUT2D eigenvalue weighted by Gasteiger charge is -2.21. The Kier molecular flexibility index (Phi) is 10.7. The summed E-state index contributed by atoms with van der Waals surface area (Å²) in [5.41, 5.74) is 3.90. The van der Waals surface area contributed by atoms with Crippen molar-refractivity contribution >= 4 is 17.8 Å². The summed E-state index contributed by atoms with van der Waals surface area (Å²) < 4.78 is 5.77. The molecule has 0 bridgehead atoms. The number of rotatable bonds is 13. The summed E-state index contributed by atoms with van der Waals surface area (Å²) in [6, 6.07) is 16.3. The van der Waals surface area contributed by atoms with E-state index in [1.54, 1.807) is 11.5 Å². The summed E-state index contributed by atoms with van der Waals surface area (Å²) in [7, 11) is 0. The zero-order chi connectivity index (χ0) is 24.9. The predicted octanol–water partition coefficient (Wildman–Crippen LogP) is 3.80. The molecule has 4 N–H and O–H groups in total. The van der Waals surface area contributed by atoms with Gasteiger partial charge in [-0.25, -0.2) is 10.3 Å². The van der Waals surface area contributed by atoms with Gasteiger partial charge in [-0.2, -0.15) is 0 Å². The van der Waals surface area contributed by atoms with Gasteiger partial charge in [-0.15, -0.1) is 0 Å². The van der Waals surface area contributed by atoms with Gasteiger partial charge in [0.1, 0.15) is 12.1 Å². The van der Waals surface area contributed by atoms with E-state index in [0.29, 0.717) is 25.1 Å². The number of hydroxylamine groups is 1. The van der Waals surface area contributed by atoms with Crippen LogP contribution in [0.1, 0.15) is 78.9 Å². The Morgan fingerprint density at radius 2 is 1.74 bits per heavy atom. The molecule has 8 heteroatoms. The average Bonchev–Trinajstić information content (AvgIpc) is 3.39. The number of amides is 2. The molecule has 1 atom stereocenters. The van der Waals surface area contributed by atoms with Gasteiger partial charge in [0.25, 0.3) is 5.91 Å². The van der Waals surface area contributed by atoms with Crippen molar-refractivity contribution in [3.8, 4) is 0 Å². The van der Waals surface area contributed by atoms with Gasteiger partial charge in [0.2, 0.25) is 5.91 Å². The third-order valence-electron chi connectivity index (χ3n) is 6.14. The van der Waals surface area contributed by atoms with E-state index in [1.807, 2.05) is 48.5 Å². The highest BCUT2D eigenvalue weighted by Crippen LogP contribution is 2.24. The number of benzene rings is 2. The molecule has 0 aromatic heterocycles. The Balaban J connectivity index is 1.52. The lowest BCUT2D eigenvalue weighted by atomic mass is 10.1. The van der Waals surface area contributed by atoms with Crippen LogP contribution in [0.15, 0.2) is 54.6 Å². The van der Waals surface area contributed by atoms with E-state index in [4.69, 9.17) is 9.94 Å². The molecule has 1 fully saturated rings. The van der Waals surface area contributed by atoms with Crippen molar-refractivity contribution in [1.29, 1.82) is 0 Å². The zero-order valence-corrected chi connectivity index (χ0v) is 20.0. The summed E-state index contributed by atoms with van der Waals surface area (Å²) in [5.74, 6) is -0.838. The number of unbranched alkanes of at least 4 members (excludes halogenated alkanes) is 2.